The summed E-state index contributed by atoms with van der Waals surface area (Å²) < 4.78 is 7.28. The van der Waals surface area contributed by atoms with Crippen LogP contribution in [0.5, 0.6) is 5.88 Å². The molecule has 0 aliphatic carbocycles. The van der Waals surface area contributed by atoms with Crippen LogP contribution in [-0.2, 0) is 18.3 Å². The van der Waals surface area contributed by atoms with Crippen molar-refractivity contribution in [3.05, 3.63) is 35.2 Å². The zero-order chi connectivity index (χ0) is 16.1. The number of carbonyl (C=O) groups excluding carboxylic acids is 1. The third kappa shape index (κ3) is 4.73. The van der Waals surface area contributed by atoms with Crippen LogP contribution < -0.4 is 10.1 Å². The van der Waals surface area contributed by atoms with Gasteiger partial charge in [0.1, 0.15) is 5.69 Å². The minimum atomic E-state index is -0.124. The molecule has 0 radical (unpaired) electrons. The van der Waals surface area contributed by atoms with Crippen LogP contribution in [0.25, 0.3) is 0 Å². The summed E-state index contributed by atoms with van der Waals surface area (Å²) in [5.74, 6) is 0.246. The van der Waals surface area contributed by atoms with E-state index < -0.39 is 0 Å². The number of pyridine rings is 1. The highest BCUT2D eigenvalue weighted by Gasteiger charge is 2.12. The van der Waals surface area contributed by atoms with Crippen molar-refractivity contribution in [2.24, 2.45) is 7.05 Å². The molecule has 0 spiro atoms. The molecule has 22 heavy (non-hydrogen) atoms. The van der Waals surface area contributed by atoms with Gasteiger partial charge < -0.3 is 10.1 Å². The van der Waals surface area contributed by atoms with Crippen molar-refractivity contribution >= 4 is 23.2 Å². The Bertz CT molecular complexity index is 655. The number of carbonyl (C=O) groups is 1. The Hall–Kier alpha value is -2.08. The van der Waals surface area contributed by atoms with Crippen LogP contribution in [-0.4, -0.2) is 26.8 Å². The second-order valence-electron chi connectivity index (χ2n) is 5.24. The van der Waals surface area contributed by atoms with Gasteiger partial charge in [-0.1, -0.05) is 11.6 Å². The lowest BCUT2D eigenvalue weighted by Crippen LogP contribution is -2.15. The number of ether oxygens (including phenoxy) is 1. The Morgan fingerprint density at radius 3 is 2.86 bits per heavy atom. The first-order valence-corrected chi connectivity index (χ1v) is 7.41. The number of nitrogens with one attached hydrogen (secondary N) is 1. The Morgan fingerprint density at radius 2 is 2.23 bits per heavy atom. The second-order valence-corrected chi connectivity index (χ2v) is 5.68. The van der Waals surface area contributed by atoms with E-state index >= 15 is 0 Å². The summed E-state index contributed by atoms with van der Waals surface area (Å²) in [5, 5.41) is 7.31. The van der Waals surface area contributed by atoms with E-state index in [1.807, 2.05) is 27.1 Å². The average molecular weight is 323 g/mol. The van der Waals surface area contributed by atoms with Crippen molar-refractivity contribution in [1.29, 1.82) is 0 Å². The van der Waals surface area contributed by atoms with Gasteiger partial charge in [-0.25, -0.2) is 4.98 Å². The largest absolute Gasteiger partial charge is 0.473 e. The summed E-state index contributed by atoms with van der Waals surface area (Å²) in [7, 11) is 1.84. The van der Waals surface area contributed by atoms with E-state index in [-0.39, 0.29) is 12.0 Å². The smallest absolute Gasteiger partial charge is 0.238 e. The van der Waals surface area contributed by atoms with Gasteiger partial charge in [-0.2, -0.15) is 5.10 Å². The van der Waals surface area contributed by atoms with Gasteiger partial charge in [0.05, 0.1) is 17.3 Å². The number of nitrogens with zero attached hydrogens (tertiary/aromatic N) is 3. The number of hydrogen-bond donors (Lipinski definition) is 1. The van der Waals surface area contributed by atoms with Crippen LogP contribution in [0.1, 0.15) is 25.8 Å². The Balaban J connectivity index is 1.99. The highest BCUT2D eigenvalue weighted by molar-refractivity contribution is 6.30. The van der Waals surface area contributed by atoms with E-state index in [0.717, 1.165) is 5.56 Å². The highest BCUT2D eigenvalue weighted by atomic mass is 35.5. The molecular weight excluding hydrogens is 304 g/mol. The van der Waals surface area contributed by atoms with Crippen LogP contribution in [0.15, 0.2) is 24.7 Å². The van der Waals surface area contributed by atoms with Gasteiger partial charge in [0, 0.05) is 25.9 Å². The van der Waals surface area contributed by atoms with Gasteiger partial charge in [-0.3, -0.25) is 9.48 Å². The molecular formula is C15H19ClN4O2. The molecule has 1 N–H and O–H groups in total. The molecule has 0 saturated carbocycles. The van der Waals surface area contributed by atoms with Gasteiger partial charge in [0.25, 0.3) is 0 Å². The molecule has 1 amide bonds. The molecule has 0 aliphatic heterocycles. The topological polar surface area (TPSA) is 69.0 Å². The van der Waals surface area contributed by atoms with Gasteiger partial charge in [0.2, 0.25) is 11.8 Å². The van der Waals surface area contributed by atoms with E-state index in [9.17, 15) is 4.79 Å². The van der Waals surface area contributed by atoms with E-state index in [1.165, 1.54) is 6.20 Å². The molecule has 2 aromatic heterocycles. The van der Waals surface area contributed by atoms with Crippen LogP contribution in [0, 0.1) is 0 Å². The summed E-state index contributed by atoms with van der Waals surface area (Å²) in [4.78, 5) is 16.2. The van der Waals surface area contributed by atoms with Crippen molar-refractivity contribution in [1.82, 2.24) is 14.8 Å². The van der Waals surface area contributed by atoms with Gasteiger partial charge >= 0.3 is 0 Å². The number of hydrogen-bond acceptors (Lipinski definition) is 4. The lowest BCUT2D eigenvalue weighted by molar-refractivity contribution is -0.116. The molecule has 0 aliphatic rings. The molecule has 0 aromatic carbocycles. The molecule has 0 atom stereocenters. The number of rotatable bonds is 6. The Labute approximate surface area is 134 Å². The minimum absolute atomic E-state index is 0.0419. The molecule has 0 fully saturated rings. The first-order valence-electron chi connectivity index (χ1n) is 7.03. The summed E-state index contributed by atoms with van der Waals surface area (Å²) in [6.45, 7) is 3.79. The van der Waals surface area contributed by atoms with Crippen LogP contribution in [0.4, 0.5) is 5.69 Å². The number of amides is 1. The molecule has 6 nitrogen and oxygen atoms in total. The van der Waals surface area contributed by atoms with Crippen LogP contribution in [0.2, 0.25) is 5.02 Å². The van der Waals surface area contributed by atoms with Crippen molar-refractivity contribution < 1.29 is 9.53 Å². The number of aryl methyl sites for hydroxylation is 2. The fourth-order valence-electron chi connectivity index (χ4n) is 1.90. The zero-order valence-corrected chi connectivity index (χ0v) is 13.6. The molecule has 2 aromatic rings. The molecule has 7 heteroatoms. The fraction of sp³-hybridized carbons (Fsp3) is 0.400. The number of aromatic nitrogens is 3. The predicted molar refractivity (Wildman–Crippen MR) is 85.2 cm³/mol. The van der Waals surface area contributed by atoms with Crippen molar-refractivity contribution in [3.63, 3.8) is 0 Å². The molecule has 0 unspecified atom stereocenters. The maximum absolute atomic E-state index is 12.1. The van der Waals surface area contributed by atoms with E-state index in [1.54, 1.807) is 16.9 Å². The average Bonchev–Trinajstić information content (AvgIpc) is 2.85. The normalized spacial score (nSPS) is 10.8. The van der Waals surface area contributed by atoms with Gasteiger partial charge in [-0.15, -0.1) is 0 Å². The monoisotopic (exact) mass is 322 g/mol. The minimum Gasteiger partial charge on any atom is -0.473 e. The molecule has 2 rings (SSSR count). The Kier molecular flexibility index (Phi) is 5.38. The quantitative estimate of drug-likeness (QED) is 0.888. The highest BCUT2D eigenvalue weighted by Crippen LogP contribution is 2.26. The van der Waals surface area contributed by atoms with Crippen molar-refractivity contribution in [3.8, 4) is 5.88 Å². The Morgan fingerprint density at radius 1 is 1.45 bits per heavy atom. The standard InChI is InChI=1S/C15H19ClN4O2/c1-10(2)22-15-13(6-12(16)8-17-15)19-14(21)5-4-11-7-18-20(3)9-11/h6-10H,4-5H2,1-3H3,(H,19,21). The van der Waals surface area contributed by atoms with E-state index in [4.69, 9.17) is 16.3 Å². The molecule has 0 saturated heterocycles. The lowest BCUT2D eigenvalue weighted by atomic mass is 10.2. The summed E-state index contributed by atoms with van der Waals surface area (Å²) in [6, 6.07) is 1.63. The molecule has 118 valence electrons. The SMILES string of the molecule is CC(C)Oc1ncc(Cl)cc1NC(=O)CCc1cnn(C)c1. The number of halogens is 1. The fourth-order valence-corrected chi connectivity index (χ4v) is 2.06. The summed E-state index contributed by atoms with van der Waals surface area (Å²) in [5.41, 5.74) is 1.50. The van der Waals surface area contributed by atoms with Crippen molar-refractivity contribution in [2.75, 3.05) is 5.32 Å². The van der Waals surface area contributed by atoms with E-state index in [0.29, 0.717) is 29.4 Å². The first-order chi connectivity index (χ1) is 10.4. The third-order valence-corrected chi connectivity index (χ3v) is 3.04. The summed E-state index contributed by atoms with van der Waals surface area (Å²) >= 11 is 5.93. The number of anilines is 1. The summed E-state index contributed by atoms with van der Waals surface area (Å²) in [6.07, 6.45) is 6.06. The zero-order valence-electron chi connectivity index (χ0n) is 12.8. The van der Waals surface area contributed by atoms with Crippen molar-refractivity contribution in [2.45, 2.75) is 32.8 Å². The van der Waals surface area contributed by atoms with Gasteiger partial charge in [-0.05, 0) is 31.9 Å². The molecule has 2 heterocycles. The lowest BCUT2D eigenvalue weighted by Gasteiger charge is -2.13. The van der Waals surface area contributed by atoms with Crippen LogP contribution >= 0.6 is 11.6 Å². The first kappa shape index (κ1) is 16.3. The maximum atomic E-state index is 12.1. The molecule has 0 bridgehead atoms. The predicted octanol–water partition coefficient (Wildman–Crippen LogP) is 2.83. The van der Waals surface area contributed by atoms with Gasteiger partial charge in [0.15, 0.2) is 0 Å². The second kappa shape index (κ2) is 7.26. The third-order valence-electron chi connectivity index (χ3n) is 2.84. The maximum Gasteiger partial charge on any atom is 0.238 e. The van der Waals surface area contributed by atoms with E-state index in [2.05, 4.69) is 15.4 Å². The van der Waals surface area contributed by atoms with Crippen LogP contribution in [0.3, 0.4) is 0 Å².